The van der Waals surface area contributed by atoms with E-state index in [0.29, 0.717) is 0 Å². The number of benzene rings is 1. The fourth-order valence-electron chi connectivity index (χ4n) is 1.72. The van der Waals surface area contributed by atoms with E-state index in [1.165, 1.54) is 4.90 Å². The van der Waals surface area contributed by atoms with Crippen LogP contribution in [0.3, 0.4) is 0 Å². The Morgan fingerprint density at radius 2 is 1.80 bits per heavy atom. The maximum absolute atomic E-state index is 12.4. The first-order valence-electron chi connectivity index (χ1n) is 5.97. The zero-order valence-electron chi connectivity index (χ0n) is 11.7. The molecule has 20 heavy (non-hydrogen) atoms. The Hall–Kier alpha value is -0.780. The van der Waals surface area contributed by atoms with Crippen LogP contribution in [0.4, 0.5) is 0 Å². The van der Waals surface area contributed by atoms with Gasteiger partial charge < -0.3 is 4.90 Å². The maximum Gasteiger partial charge on any atom is 0.255 e. The summed E-state index contributed by atoms with van der Waals surface area (Å²) in [5.41, 5.74) is 0.259. The highest BCUT2D eigenvalue weighted by atomic mass is 35.5. The SMILES string of the molecule is C[C@H]([C@@H](C)S(C)(=O)=O)N(C)C(=O)c1cccc(Cl)c1Cl. The topological polar surface area (TPSA) is 54.5 Å². The van der Waals surface area contributed by atoms with Crippen LogP contribution in [0.15, 0.2) is 18.2 Å². The predicted octanol–water partition coefficient (Wildman–Crippen LogP) is 2.89. The lowest BCUT2D eigenvalue weighted by Gasteiger charge is -2.29. The second kappa shape index (κ2) is 6.33. The van der Waals surface area contributed by atoms with Crippen molar-refractivity contribution < 1.29 is 13.2 Å². The molecule has 2 atom stereocenters. The smallest absolute Gasteiger partial charge is 0.255 e. The van der Waals surface area contributed by atoms with Crippen molar-refractivity contribution in [1.29, 1.82) is 0 Å². The summed E-state index contributed by atoms with van der Waals surface area (Å²) in [6.07, 6.45) is 1.15. The first kappa shape index (κ1) is 17.3. The molecule has 0 saturated heterocycles. The molecular weight excluding hydrogens is 321 g/mol. The number of sulfone groups is 1. The fourth-order valence-corrected chi connectivity index (χ4v) is 3.00. The third kappa shape index (κ3) is 3.65. The Balaban J connectivity index is 3.06. The van der Waals surface area contributed by atoms with E-state index < -0.39 is 21.1 Å². The van der Waals surface area contributed by atoms with Gasteiger partial charge in [0.1, 0.15) is 0 Å². The third-order valence-electron chi connectivity index (χ3n) is 3.47. The quantitative estimate of drug-likeness (QED) is 0.848. The molecule has 0 N–H and O–H groups in total. The molecule has 4 nitrogen and oxygen atoms in total. The molecule has 0 saturated carbocycles. The van der Waals surface area contributed by atoms with Crippen molar-refractivity contribution in [3.8, 4) is 0 Å². The van der Waals surface area contributed by atoms with E-state index in [4.69, 9.17) is 23.2 Å². The summed E-state index contributed by atoms with van der Waals surface area (Å²) >= 11 is 11.9. The molecule has 0 spiro atoms. The van der Waals surface area contributed by atoms with Crippen LogP contribution in [0.25, 0.3) is 0 Å². The monoisotopic (exact) mass is 337 g/mol. The summed E-state index contributed by atoms with van der Waals surface area (Å²) in [4.78, 5) is 13.7. The number of hydrogen-bond acceptors (Lipinski definition) is 3. The summed E-state index contributed by atoms with van der Waals surface area (Å²) in [5.74, 6) is -0.361. The summed E-state index contributed by atoms with van der Waals surface area (Å²) in [6.45, 7) is 3.26. The molecular formula is C13H17Cl2NO3S. The molecule has 0 unspecified atom stereocenters. The normalized spacial score (nSPS) is 14.7. The van der Waals surface area contributed by atoms with Crippen molar-refractivity contribution in [3.63, 3.8) is 0 Å². The van der Waals surface area contributed by atoms with Crippen LogP contribution < -0.4 is 0 Å². The molecule has 0 aliphatic rings. The zero-order valence-corrected chi connectivity index (χ0v) is 14.1. The molecule has 1 rings (SSSR count). The minimum absolute atomic E-state index is 0.172. The van der Waals surface area contributed by atoms with Crippen LogP contribution >= 0.6 is 23.2 Å². The molecule has 0 aliphatic heterocycles. The minimum Gasteiger partial charge on any atom is -0.338 e. The maximum atomic E-state index is 12.4. The Bertz CT molecular complexity index is 616. The number of rotatable bonds is 4. The first-order chi connectivity index (χ1) is 9.07. The predicted molar refractivity (Wildman–Crippen MR) is 82.3 cm³/mol. The van der Waals surface area contributed by atoms with Crippen LogP contribution in [-0.4, -0.2) is 43.8 Å². The molecule has 1 aromatic rings. The van der Waals surface area contributed by atoms with Crippen LogP contribution in [0, 0.1) is 0 Å². The largest absolute Gasteiger partial charge is 0.338 e. The first-order valence-corrected chi connectivity index (χ1v) is 8.68. The van der Waals surface area contributed by atoms with E-state index in [-0.39, 0.29) is 21.5 Å². The van der Waals surface area contributed by atoms with E-state index in [9.17, 15) is 13.2 Å². The van der Waals surface area contributed by atoms with Gasteiger partial charge in [0.15, 0.2) is 9.84 Å². The van der Waals surface area contributed by atoms with Gasteiger partial charge in [-0.1, -0.05) is 29.3 Å². The lowest BCUT2D eigenvalue weighted by atomic mass is 10.1. The van der Waals surface area contributed by atoms with Gasteiger partial charge in [-0.25, -0.2) is 8.42 Å². The number of halogens is 2. The van der Waals surface area contributed by atoms with Crippen LogP contribution in [0.1, 0.15) is 24.2 Å². The number of carbonyl (C=O) groups excluding carboxylic acids is 1. The molecule has 7 heteroatoms. The molecule has 0 radical (unpaired) electrons. The number of hydrogen-bond donors (Lipinski definition) is 0. The molecule has 1 amide bonds. The molecule has 1 aromatic carbocycles. The van der Waals surface area contributed by atoms with Gasteiger partial charge in [0.25, 0.3) is 5.91 Å². The number of amides is 1. The molecule has 0 aromatic heterocycles. The van der Waals surface area contributed by atoms with Gasteiger partial charge >= 0.3 is 0 Å². The number of nitrogens with zero attached hydrogens (tertiary/aromatic N) is 1. The highest BCUT2D eigenvalue weighted by Crippen LogP contribution is 2.27. The second-order valence-electron chi connectivity index (χ2n) is 4.79. The van der Waals surface area contributed by atoms with Gasteiger partial charge in [-0.2, -0.15) is 0 Å². The van der Waals surface area contributed by atoms with E-state index in [2.05, 4.69) is 0 Å². The minimum atomic E-state index is -3.23. The molecule has 0 bridgehead atoms. The Morgan fingerprint density at radius 1 is 1.25 bits per heavy atom. The summed E-state index contributed by atoms with van der Waals surface area (Å²) < 4.78 is 23.1. The van der Waals surface area contributed by atoms with E-state index in [1.54, 1.807) is 39.1 Å². The zero-order chi connectivity index (χ0) is 15.7. The van der Waals surface area contributed by atoms with Crippen molar-refractivity contribution in [2.24, 2.45) is 0 Å². The Kier molecular flexibility index (Phi) is 5.46. The molecule has 0 aliphatic carbocycles. The fraction of sp³-hybridized carbons (Fsp3) is 0.462. The lowest BCUT2D eigenvalue weighted by molar-refractivity contribution is 0.0743. The van der Waals surface area contributed by atoms with Gasteiger partial charge in [-0.05, 0) is 26.0 Å². The van der Waals surface area contributed by atoms with E-state index >= 15 is 0 Å². The van der Waals surface area contributed by atoms with E-state index in [1.807, 2.05) is 0 Å². The van der Waals surface area contributed by atoms with Crippen molar-refractivity contribution in [1.82, 2.24) is 4.90 Å². The van der Waals surface area contributed by atoms with Crippen LogP contribution in [0.5, 0.6) is 0 Å². The Labute approximate surface area is 129 Å². The van der Waals surface area contributed by atoms with Crippen molar-refractivity contribution in [3.05, 3.63) is 33.8 Å². The van der Waals surface area contributed by atoms with Gasteiger partial charge in [0.05, 0.1) is 20.9 Å². The third-order valence-corrected chi connectivity index (χ3v) is 6.03. The van der Waals surface area contributed by atoms with Crippen molar-refractivity contribution in [2.75, 3.05) is 13.3 Å². The standard InChI is InChI=1S/C13H17Cl2NO3S/c1-8(9(2)20(4,18)19)16(3)13(17)10-6-5-7-11(14)12(10)15/h5-9H,1-4H3/t8-,9-/m1/s1. The molecule has 0 fully saturated rings. The highest BCUT2D eigenvalue weighted by molar-refractivity contribution is 7.91. The molecule has 112 valence electrons. The average Bonchev–Trinajstić information content (AvgIpc) is 2.37. The van der Waals surface area contributed by atoms with Gasteiger partial charge in [0.2, 0.25) is 0 Å². The van der Waals surface area contributed by atoms with Gasteiger partial charge in [-0.15, -0.1) is 0 Å². The number of carbonyl (C=O) groups is 1. The highest BCUT2D eigenvalue weighted by Gasteiger charge is 2.29. The summed E-state index contributed by atoms with van der Waals surface area (Å²) in [6, 6.07) is 4.29. The van der Waals surface area contributed by atoms with Crippen LogP contribution in [-0.2, 0) is 9.84 Å². The Morgan fingerprint density at radius 3 is 2.30 bits per heavy atom. The van der Waals surface area contributed by atoms with Gasteiger partial charge in [-0.3, -0.25) is 4.79 Å². The lowest BCUT2D eigenvalue weighted by Crippen LogP contribution is -2.44. The van der Waals surface area contributed by atoms with Crippen LogP contribution in [0.2, 0.25) is 10.0 Å². The molecule has 0 heterocycles. The summed E-state index contributed by atoms with van der Waals surface area (Å²) in [7, 11) is -1.69. The second-order valence-corrected chi connectivity index (χ2v) is 7.98. The average molecular weight is 338 g/mol. The van der Waals surface area contributed by atoms with E-state index in [0.717, 1.165) is 6.26 Å². The van der Waals surface area contributed by atoms with Gasteiger partial charge in [0, 0.05) is 19.3 Å². The summed E-state index contributed by atoms with van der Waals surface area (Å²) in [5, 5.41) is -0.214. The van der Waals surface area contributed by atoms with Crippen molar-refractivity contribution in [2.45, 2.75) is 25.1 Å². The van der Waals surface area contributed by atoms with Crippen molar-refractivity contribution >= 4 is 38.9 Å².